The highest BCUT2D eigenvalue weighted by atomic mass is 16.5. The van der Waals surface area contributed by atoms with Crippen molar-refractivity contribution in [1.29, 1.82) is 0 Å². The van der Waals surface area contributed by atoms with Gasteiger partial charge in [-0.2, -0.15) is 0 Å². The molecule has 5 rings (SSSR count). The molecule has 0 bridgehead atoms. The van der Waals surface area contributed by atoms with Gasteiger partial charge in [-0.05, 0) is 78.9 Å². The van der Waals surface area contributed by atoms with E-state index in [-0.39, 0.29) is 5.91 Å². The van der Waals surface area contributed by atoms with Gasteiger partial charge in [0.25, 0.3) is 5.91 Å². The van der Waals surface area contributed by atoms with Gasteiger partial charge in [0, 0.05) is 40.3 Å². The maximum Gasteiger partial charge on any atom is 0.263 e. The lowest BCUT2D eigenvalue weighted by Crippen LogP contribution is -2.21. The maximum atomic E-state index is 13.4. The monoisotopic (exact) mass is 477 g/mol. The van der Waals surface area contributed by atoms with Gasteiger partial charge in [0.15, 0.2) is 6.29 Å². The summed E-state index contributed by atoms with van der Waals surface area (Å²) in [5, 5.41) is 0. The van der Waals surface area contributed by atoms with E-state index in [1.807, 2.05) is 24.3 Å². The number of allylic oxidation sites excluding steroid dienone is 4. The summed E-state index contributed by atoms with van der Waals surface area (Å²) >= 11 is 0. The number of rotatable bonds is 6. The van der Waals surface area contributed by atoms with E-state index in [0.29, 0.717) is 63.9 Å². The van der Waals surface area contributed by atoms with Crippen LogP contribution in [-0.2, 0) is 0 Å². The van der Waals surface area contributed by atoms with E-state index in [1.165, 1.54) is 0 Å². The van der Waals surface area contributed by atoms with Gasteiger partial charge >= 0.3 is 0 Å². The number of nitrogens with two attached hydrogens (primary N) is 2. The smallest absolute Gasteiger partial charge is 0.263 e. The molecule has 36 heavy (non-hydrogen) atoms. The quantitative estimate of drug-likeness (QED) is 0.349. The van der Waals surface area contributed by atoms with E-state index in [0.717, 1.165) is 11.3 Å². The predicted molar refractivity (Wildman–Crippen MR) is 139 cm³/mol. The highest BCUT2D eigenvalue weighted by molar-refractivity contribution is 6.10. The van der Waals surface area contributed by atoms with Crippen LogP contribution in [0.5, 0.6) is 17.2 Å². The first-order valence-electron chi connectivity index (χ1n) is 11.2. The van der Waals surface area contributed by atoms with Crippen LogP contribution in [-0.4, -0.2) is 17.1 Å². The fourth-order valence-corrected chi connectivity index (χ4v) is 4.04. The van der Waals surface area contributed by atoms with Crippen molar-refractivity contribution in [1.82, 2.24) is 4.90 Å². The number of ether oxygens (including phenoxy) is 2. The fourth-order valence-electron chi connectivity index (χ4n) is 4.04. The Labute approximate surface area is 208 Å². The SMILES string of the molecule is C=C1c2ccc(Oc3ccc(N)c(C=O)c3)cc2C(=O)N1C1=CC=C(Oc2ccc(N)cc2)C=CC1. The van der Waals surface area contributed by atoms with Crippen molar-refractivity contribution in [2.24, 2.45) is 0 Å². The molecule has 3 aromatic rings. The Morgan fingerprint density at radius 3 is 2.36 bits per heavy atom. The summed E-state index contributed by atoms with van der Waals surface area (Å²) in [6, 6.07) is 17.2. The van der Waals surface area contributed by atoms with Crippen LogP contribution >= 0.6 is 0 Å². The van der Waals surface area contributed by atoms with Gasteiger partial charge in [0.2, 0.25) is 0 Å². The number of aldehydes is 1. The van der Waals surface area contributed by atoms with Crippen LogP contribution in [0.2, 0.25) is 0 Å². The van der Waals surface area contributed by atoms with Gasteiger partial charge in [-0.25, -0.2) is 0 Å². The van der Waals surface area contributed by atoms with Crippen molar-refractivity contribution in [2.45, 2.75) is 6.42 Å². The van der Waals surface area contributed by atoms with Gasteiger partial charge in [0.1, 0.15) is 23.0 Å². The molecule has 7 nitrogen and oxygen atoms in total. The van der Waals surface area contributed by atoms with Gasteiger partial charge in [-0.1, -0.05) is 12.7 Å². The average Bonchev–Trinajstić information content (AvgIpc) is 3.01. The Kier molecular flexibility index (Phi) is 5.88. The second-order valence-corrected chi connectivity index (χ2v) is 8.31. The van der Waals surface area contributed by atoms with Crippen LogP contribution in [0.15, 0.2) is 103 Å². The Morgan fingerprint density at radius 1 is 0.861 bits per heavy atom. The summed E-state index contributed by atoms with van der Waals surface area (Å²) in [5.41, 5.74) is 15.5. The fraction of sp³-hybridized carbons (Fsp3) is 0.0345. The Morgan fingerprint density at radius 2 is 1.58 bits per heavy atom. The first kappa shape index (κ1) is 22.7. The molecule has 0 unspecified atom stereocenters. The number of amides is 1. The van der Waals surface area contributed by atoms with Crippen LogP contribution in [0, 0.1) is 0 Å². The number of nitrogen functional groups attached to an aromatic ring is 2. The molecule has 0 radical (unpaired) electrons. The average molecular weight is 478 g/mol. The topological polar surface area (TPSA) is 108 Å². The van der Waals surface area contributed by atoms with Crippen LogP contribution in [0.25, 0.3) is 5.70 Å². The normalized spacial score (nSPS) is 14.6. The van der Waals surface area contributed by atoms with Crippen molar-refractivity contribution in [3.63, 3.8) is 0 Å². The Hall–Kier alpha value is -5.04. The molecule has 7 heteroatoms. The molecule has 3 aromatic carbocycles. The van der Waals surface area contributed by atoms with Crippen molar-refractivity contribution in [3.8, 4) is 17.2 Å². The molecule has 0 fully saturated rings. The molecule has 1 aliphatic carbocycles. The highest BCUT2D eigenvalue weighted by Crippen LogP contribution is 2.38. The molecule has 178 valence electrons. The van der Waals surface area contributed by atoms with Gasteiger partial charge in [-0.15, -0.1) is 0 Å². The zero-order chi connectivity index (χ0) is 25.2. The van der Waals surface area contributed by atoms with Crippen molar-refractivity contribution < 1.29 is 19.1 Å². The summed E-state index contributed by atoms with van der Waals surface area (Å²) in [6.45, 7) is 4.16. The molecule has 0 aromatic heterocycles. The Bertz CT molecular complexity index is 1480. The summed E-state index contributed by atoms with van der Waals surface area (Å²) in [5.74, 6) is 2.02. The molecule has 0 saturated heterocycles. The van der Waals surface area contributed by atoms with Gasteiger partial charge < -0.3 is 20.9 Å². The highest BCUT2D eigenvalue weighted by Gasteiger charge is 2.33. The zero-order valence-corrected chi connectivity index (χ0v) is 19.3. The summed E-state index contributed by atoms with van der Waals surface area (Å²) < 4.78 is 11.8. The zero-order valence-electron chi connectivity index (χ0n) is 19.3. The minimum Gasteiger partial charge on any atom is -0.457 e. The maximum absolute atomic E-state index is 13.4. The third kappa shape index (κ3) is 4.37. The summed E-state index contributed by atoms with van der Waals surface area (Å²) in [6.07, 6.45) is 8.67. The number of nitrogens with zero attached hydrogens (tertiary/aromatic N) is 1. The molecule has 4 N–H and O–H groups in total. The third-order valence-electron chi connectivity index (χ3n) is 5.88. The molecule has 1 amide bonds. The molecule has 0 atom stereocenters. The lowest BCUT2D eigenvalue weighted by Gasteiger charge is -2.19. The first-order valence-corrected chi connectivity index (χ1v) is 11.2. The van der Waals surface area contributed by atoms with E-state index >= 15 is 0 Å². The van der Waals surface area contributed by atoms with Crippen LogP contribution in [0.1, 0.15) is 32.7 Å². The van der Waals surface area contributed by atoms with E-state index in [2.05, 4.69) is 6.58 Å². The minimum atomic E-state index is -0.192. The van der Waals surface area contributed by atoms with E-state index in [9.17, 15) is 9.59 Å². The molecule has 0 saturated carbocycles. The number of fused-ring (bicyclic) bond motifs is 1. The number of carbonyl (C=O) groups is 2. The molecular formula is C29H23N3O4. The molecule has 1 aliphatic heterocycles. The van der Waals surface area contributed by atoms with Crippen LogP contribution in [0.4, 0.5) is 11.4 Å². The molecule has 2 aliphatic rings. The van der Waals surface area contributed by atoms with Gasteiger partial charge in [0.05, 0.1) is 5.56 Å². The standard InChI is InChI=1S/C29H23N3O4/c1-18-26-13-11-25(36-24-12-14-28(31)19(15-24)17-33)16-27(26)29(34)32(18)21-3-2-4-22(10-7-21)35-23-8-5-20(30)6-9-23/h2,4-17H,1,3,30-31H2. The van der Waals surface area contributed by atoms with Gasteiger partial charge in [-0.3, -0.25) is 14.5 Å². The van der Waals surface area contributed by atoms with Crippen molar-refractivity contribution >= 4 is 29.3 Å². The summed E-state index contributed by atoms with van der Waals surface area (Å²) in [4.78, 5) is 26.2. The second-order valence-electron chi connectivity index (χ2n) is 8.31. The molecule has 1 heterocycles. The largest absolute Gasteiger partial charge is 0.457 e. The number of carbonyl (C=O) groups excluding carboxylic acids is 2. The molecular weight excluding hydrogens is 454 g/mol. The molecule has 0 spiro atoms. The summed E-state index contributed by atoms with van der Waals surface area (Å²) in [7, 11) is 0. The minimum absolute atomic E-state index is 0.192. The van der Waals surface area contributed by atoms with Crippen LogP contribution in [0.3, 0.4) is 0 Å². The second kappa shape index (κ2) is 9.31. The third-order valence-corrected chi connectivity index (χ3v) is 5.88. The van der Waals surface area contributed by atoms with Crippen molar-refractivity contribution in [2.75, 3.05) is 11.5 Å². The number of hydrogen-bond acceptors (Lipinski definition) is 6. The van der Waals surface area contributed by atoms with E-state index < -0.39 is 0 Å². The number of benzene rings is 3. The van der Waals surface area contributed by atoms with E-state index in [1.54, 1.807) is 65.6 Å². The first-order chi connectivity index (χ1) is 17.4. The van der Waals surface area contributed by atoms with Crippen LogP contribution < -0.4 is 20.9 Å². The number of hydrogen-bond donors (Lipinski definition) is 2. The number of anilines is 2. The Balaban J connectivity index is 1.37. The van der Waals surface area contributed by atoms with E-state index in [4.69, 9.17) is 20.9 Å². The lowest BCUT2D eigenvalue weighted by atomic mass is 10.1. The van der Waals surface area contributed by atoms with Crippen molar-refractivity contribution in [3.05, 3.63) is 120 Å². The lowest BCUT2D eigenvalue weighted by molar-refractivity contribution is 0.0879. The predicted octanol–water partition coefficient (Wildman–Crippen LogP) is 5.69.